The van der Waals surface area contributed by atoms with Crippen molar-refractivity contribution in [2.24, 2.45) is 0 Å². The molecule has 0 aromatic heterocycles. The fourth-order valence-electron chi connectivity index (χ4n) is 2.02. The number of carbonyl (C=O) groups excluding carboxylic acids is 1. The maximum Gasteiger partial charge on any atom is 0.242 e. The van der Waals surface area contributed by atoms with E-state index in [2.05, 4.69) is 0 Å². The van der Waals surface area contributed by atoms with E-state index < -0.39 is 15.8 Å². The van der Waals surface area contributed by atoms with Crippen LogP contribution in [-0.2, 0) is 10.0 Å². The molecule has 0 saturated carbocycles. The molecular weight excluding hydrogens is 333 g/mol. The molecule has 5 nitrogen and oxygen atoms in total. The molecule has 2 rings (SSSR count). The predicted molar refractivity (Wildman–Crippen MR) is 88.2 cm³/mol. The van der Waals surface area contributed by atoms with Crippen molar-refractivity contribution in [2.75, 3.05) is 20.2 Å². The minimum absolute atomic E-state index is 0.00304. The van der Waals surface area contributed by atoms with Crippen LogP contribution in [0.1, 0.15) is 17.3 Å². The summed E-state index contributed by atoms with van der Waals surface area (Å²) in [6, 6.07) is 11.8. The smallest absolute Gasteiger partial charge is 0.242 e. The van der Waals surface area contributed by atoms with Crippen molar-refractivity contribution in [3.05, 3.63) is 59.9 Å². The second kappa shape index (κ2) is 7.55. The van der Waals surface area contributed by atoms with Gasteiger partial charge in [-0.25, -0.2) is 12.8 Å². The molecule has 2 aromatic carbocycles. The lowest BCUT2D eigenvalue weighted by Crippen LogP contribution is -2.31. The zero-order valence-electron chi connectivity index (χ0n) is 13.4. The van der Waals surface area contributed by atoms with Gasteiger partial charge in [-0.05, 0) is 31.2 Å². The highest BCUT2D eigenvalue weighted by Crippen LogP contribution is 2.18. The Bertz CT molecular complexity index is 836. The van der Waals surface area contributed by atoms with E-state index in [1.165, 1.54) is 44.3 Å². The number of benzene rings is 2. The predicted octanol–water partition coefficient (Wildman–Crippen LogP) is 2.73. The molecular formula is C17H18FNO4S. The number of ketones is 1. The Hall–Kier alpha value is -2.25. The van der Waals surface area contributed by atoms with Crippen LogP contribution in [0.15, 0.2) is 53.4 Å². The first-order valence-electron chi connectivity index (χ1n) is 7.27. The van der Waals surface area contributed by atoms with Gasteiger partial charge >= 0.3 is 0 Å². The summed E-state index contributed by atoms with van der Waals surface area (Å²) < 4.78 is 44.8. The Morgan fingerprint density at radius 3 is 2.54 bits per heavy atom. The first-order chi connectivity index (χ1) is 11.3. The number of halogens is 1. The first-order valence-corrected chi connectivity index (χ1v) is 8.71. The van der Waals surface area contributed by atoms with Crippen LogP contribution in [0.3, 0.4) is 0 Å². The van der Waals surface area contributed by atoms with E-state index in [9.17, 15) is 17.6 Å². The van der Waals surface area contributed by atoms with E-state index in [-0.39, 0.29) is 29.6 Å². The molecule has 0 radical (unpaired) electrons. The molecule has 0 saturated heterocycles. The van der Waals surface area contributed by atoms with Crippen LogP contribution < -0.4 is 4.74 Å². The lowest BCUT2D eigenvalue weighted by atomic mass is 10.2. The lowest BCUT2D eigenvalue weighted by molar-refractivity contribution is 0.101. The Morgan fingerprint density at radius 1 is 1.17 bits per heavy atom. The standard InChI is InChI=1S/C17H18FNO4S/c1-13(20)14-6-5-7-15(12-14)24(21,22)19(2)10-11-23-17-9-4-3-8-16(17)18/h3-9,12H,10-11H2,1-2H3. The van der Waals surface area contributed by atoms with Gasteiger partial charge in [0.25, 0.3) is 0 Å². The van der Waals surface area contributed by atoms with Gasteiger partial charge in [0.15, 0.2) is 17.3 Å². The van der Waals surface area contributed by atoms with E-state index in [0.29, 0.717) is 5.56 Å². The number of likely N-dealkylation sites (N-methyl/N-ethyl adjacent to an activating group) is 1. The van der Waals surface area contributed by atoms with Crippen molar-refractivity contribution in [1.82, 2.24) is 4.31 Å². The highest BCUT2D eigenvalue weighted by molar-refractivity contribution is 7.89. The van der Waals surface area contributed by atoms with Gasteiger partial charge in [-0.2, -0.15) is 4.31 Å². The molecule has 0 atom stereocenters. The summed E-state index contributed by atoms with van der Waals surface area (Å²) in [6.07, 6.45) is 0. The molecule has 0 aliphatic rings. The number of para-hydroxylation sites is 1. The van der Waals surface area contributed by atoms with Crippen molar-refractivity contribution in [1.29, 1.82) is 0 Å². The Morgan fingerprint density at radius 2 is 1.88 bits per heavy atom. The van der Waals surface area contributed by atoms with Gasteiger partial charge < -0.3 is 4.74 Å². The number of ether oxygens (including phenoxy) is 1. The van der Waals surface area contributed by atoms with Crippen molar-refractivity contribution in [2.45, 2.75) is 11.8 Å². The van der Waals surface area contributed by atoms with Crippen LogP contribution in [0.4, 0.5) is 4.39 Å². The monoisotopic (exact) mass is 351 g/mol. The minimum Gasteiger partial charge on any atom is -0.489 e. The van der Waals surface area contributed by atoms with E-state index in [1.54, 1.807) is 18.2 Å². The van der Waals surface area contributed by atoms with Crippen molar-refractivity contribution >= 4 is 15.8 Å². The first kappa shape index (κ1) is 18.1. The zero-order chi connectivity index (χ0) is 17.7. The van der Waals surface area contributed by atoms with Gasteiger partial charge in [0.1, 0.15) is 6.61 Å². The average Bonchev–Trinajstić information content (AvgIpc) is 2.56. The van der Waals surface area contributed by atoms with Crippen molar-refractivity contribution in [3.63, 3.8) is 0 Å². The van der Waals surface area contributed by atoms with E-state index >= 15 is 0 Å². The van der Waals surface area contributed by atoms with Gasteiger partial charge in [0.2, 0.25) is 10.0 Å². The Labute approximate surface area is 140 Å². The number of nitrogens with zero attached hydrogens (tertiary/aromatic N) is 1. The number of sulfonamides is 1. The molecule has 7 heteroatoms. The van der Waals surface area contributed by atoms with Crippen LogP contribution in [0.25, 0.3) is 0 Å². The summed E-state index contributed by atoms with van der Waals surface area (Å²) in [6.45, 7) is 1.42. The molecule has 0 unspecified atom stereocenters. The maximum absolute atomic E-state index is 13.4. The molecule has 0 amide bonds. The summed E-state index contributed by atoms with van der Waals surface area (Å²) in [4.78, 5) is 11.4. The minimum atomic E-state index is -3.75. The summed E-state index contributed by atoms with van der Waals surface area (Å²) in [5.74, 6) is -0.642. The Balaban J connectivity index is 2.05. The van der Waals surface area contributed by atoms with Crippen LogP contribution in [-0.4, -0.2) is 38.7 Å². The summed E-state index contributed by atoms with van der Waals surface area (Å²) in [5.41, 5.74) is 0.326. The summed E-state index contributed by atoms with van der Waals surface area (Å²) in [5, 5.41) is 0. The molecule has 2 aromatic rings. The summed E-state index contributed by atoms with van der Waals surface area (Å²) >= 11 is 0. The van der Waals surface area contributed by atoms with Gasteiger partial charge in [0.05, 0.1) is 4.90 Å². The molecule has 128 valence electrons. The number of rotatable bonds is 7. The number of Topliss-reactive ketones (excluding diaryl/α,β-unsaturated/α-hetero) is 1. The zero-order valence-corrected chi connectivity index (χ0v) is 14.2. The van der Waals surface area contributed by atoms with E-state index in [4.69, 9.17) is 4.74 Å². The molecule has 0 heterocycles. The number of hydrogen-bond acceptors (Lipinski definition) is 4. The largest absolute Gasteiger partial charge is 0.489 e. The molecule has 0 fully saturated rings. The highest BCUT2D eigenvalue weighted by atomic mass is 32.2. The van der Waals surface area contributed by atoms with Crippen LogP contribution in [0.2, 0.25) is 0 Å². The SMILES string of the molecule is CC(=O)c1cccc(S(=O)(=O)N(C)CCOc2ccccc2F)c1. The van der Waals surface area contributed by atoms with Crippen LogP contribution >= 0.6 is 0 Å². The van der Waals surface area contributed by atoms with E-state index in [0.717, 1.165) is 4.31 Å². The fourth-order valence-corrected chi connectivity index (χ4v) is 3.22. The Kier molecular flexibility index (Phi) is 5.69. The van der Waals surface area contributed by atoms with Crippen molar-refractivity contribution in [3.8, 4) is 5.75 Å². The topological polar surface area (TPSA) is 63.7 Å². The van der Waals surface area contributed by atoms with Crippen LogP contribution in [0.5, 0.6) is 5.75 Å². The third kappa shape index (κ3) is 4.18. The van der Waals surface area contributed by atoms with Gasteiger partial charge in [-0.3, -0.25) is 4.79 Å². The highest BCUT2D eigenvalue weighted by Gasteiger charge is 2.21. The second-order valence-electron chi connectivity index (χ2n) is 5.19. The molecule has 24 heavy (non-hydrogen) atoms. The molecule has 0 aliphatic heterocycles. The fraction of sp³-hybridized carbons (Fsp3) is 0.235. The average molecular weight is 351 g/mol. The van der Waals surface area contributed by atoms with Gasteiger partial charge in [-0.15, -0.1) is 0 Å². The molecule has 0 N–H and O–H groups in total. The lowest BCUT2D eigenvalue weighted by Gasteiger charge is -2.18. The summed E-state index contributed by atoms with van der Waals surface area (Å²) in [7, 11) is -2.35. The van der Waals surface area contributed by atoms with Gasteiger partial charge in [-0.1, -0.05) is 24.3 Å². The molecule has 0 aliphatic carbocycles. The third-order valence-corrected chi connectivity index (χ3v) is 5.30. The van der Waals surface area contributed by atoms with E-state index in [1.807, 2.05) is 0 Å². The quantitative estimate of drug-likeness (QED) is 0.720. The third-order valence-electron chi connectivity index (χ3n) is 3.45. The van der Waals surface area contributed by atoms with Crippen molar-refractivity contribution < 1.29 is 22.3 Å². The number of hydrogen-bond donors (Lipinski definition) is 0. The maximum atomic E-state index is 13.4. The second-order valence-corrected chi connectivity index (χ2v) is 7.23. The number of carbonyl (C=O) groups is 1. The molecule has 0 bridgehead atoms. The normalized spacial score (nSPS) is 11.5. The van der Waals surface area contributed by atoms with Gasteiger partial charge in [0, 0.05) is 19.2 Å². The molecule has 0 spiro atoms. The van der Waals surface area contributed by atoms with Crippen LogP contribution in [0, 0.1) is 5.82 Å².